The fourth-order valence-electron chi connectivity index (χ4n) is 4.94. The van der Waals surface area contributed by atoms with Crippen LogP contribution in [0.4, 0.5) is 0 Å². The Balaban J connectivity index is 1.32. The minimum Gasteiger partial charge on any atom is -0.493 e. The van der Waals surface area contributed by atoms with Gasteiger partial charge in [-0.1, -0.05) is 17.7 Å². The van der Waals surface area contributed by atoms with E-state index < -0.39 is 0 Å². The molecule has 0 atom stereocenters. The molecule has 0 radical (unpaired) electrons. The summed E-state index contributed by atoms with van der Waals surface area (Å²) >= 11 is 6.50. The number of Topliss-reactive ketones (excluding diaryl/α,β-unsaturated/α-hetero) is 1. The number of hydrogen-bond acceptors (Lipinski definition) is 6. The average Bonchev–Trinajstić information content (AvgIpc) is 3.57. The first-order chi connectivity index (χ1) is 18.5. The zero-order valence-corrected chi connectivity index (χ0v) is 22.6. The van der Waals surface area contributed by atoms with E-state index in [1.807, 2.05) is 12.1 Å². The van der Waals surface area contributed by atoms with Gasteiger partial charge < -0.3 is 19.7 Å². The zero-order valence-electron chi connectivity index (χ0n) is 21.8. The fraction of sp³-hybridized carbons (Fsp3) is 0.433. The summed E-state index contributed by atoms with van der Waals surface area (Å²) in [6, 6.07) is 10.7. The molecule has 8 heteroatoms. The van der Waals surface area contributed by atoms with Crippen molar-refractivity contribution in [3.63, 3.8) is 0 Å². The number of halogens is 1. The summed E-state index contributed by atoms with van der Waals surface area (Å²) in [7, 11) is 1.60. The number of amides is 1. The predicted octanol–water partition coefficient (Wildman–Crippen LogP) is 5.82. The van der Waals surface area contributed by atoms with E-state index in [2.05, 4.69) is 15.2 Å². The second-order valence-electron chi connectivity index (χ2n) is 10.2. The van der Waals surface area contributed by atoms with Gasteiger partial charge in [0.25, 0.3) is 5.91 Å². The minimum atomic E-state index is -0.237. The van der Waals surface area contributed by atoms with Crippen LogP contribution in [0, 0.1) is 5.92 Å². The third kappa shape index (κ3) is 6.63. The Morgan fingerprint density at radius 1 is 1.11 bits per heavy atom. The molecule has 0 unspecified atom stereocenters. The summed E-state index contributed by atoms with van der Waals surface area (Å²) in [6.45, 7) is 3.82. The number of benzene rings is 2. The molecule has 1 amide bonds. The maximum Gasteiger partial charge on any atom is 0.254 e. The summed E-state index contributed by atoms with van der Waals surface area (Å²) in [6.07, 6.45) is 8.36. The van der Waals surface area contributed by atoms with Crippen LogP contribution in [0.5, 0.6) is 17.2 Å². The fourth-order valence-corrected chi connectivity index (χ4v) is 5.17. The van der Waals surface area contributed by atoms with Crippen LogP contribution in [0.25, 0.3) is 10.9 Å². The van der Waals surface area contributed by atoms with Gasteiger partial charge in [-0.25, -0.2) is 0 Å². The molecule has 2 aromatic carbocycles. The predicted molar refractivity (Wildman–Crippen MR) is 148 cm³/mol. The van der Waals surface area contributed by atoms with Gasteiger partial charge in [0, 0.05) is 49.1 Å². The molecule has 1 saturated carbocycles. The van der Waals surface area contributed by atoms with Crippen LogP contribution in [0.3, 0.4) is 0 Å². The second kappa shape index (κ2) is 12.1. The van der Waals surface area contributed by atoms with Crippen molar-refractivity contribution in [2.24, 2.45) is 5.92 Å². The van der Waals surface area contributed by atoms with Crippen LogP contribution in [-0.2, 0) is 11.2 Å². The standard InChI is InChI=1S/C30H34ClN3O4/c1-32-30(36)25-18-24-27(19-29(25)37-14-4-13-34-11-2-3-12-34)33-10-9-28(24)38-23-8-7-21(26(31)17-23)16-22(35)15-20-5-6-20/h7-10,17-20H,2-6,11-16H2,1H3,(H,32,36). The van der Waals surface area contributed by atoms with Crippen molar-refractivity contribution in [3.05, 3.63) is 58.7 Å². The van der Waals surface area contributed by atoms with E-state index in [9.17, 15) is 9.59 Å². The molecule has 7 nitrogen and oxygen atoms in total. The number of nitrogens with zero attached hydrogens (tertiary/aromatic N) is 2. The molecule has 2 aliphatic rings. The van der Waals surface area contributed by atoms with E-state index in [-0.39, 0.29) is 11.7 Å². The molecule has 2 heterocycles. The van der Waals surface area contributed by atoms with Gasteiger partial charge in [-0.05, 0) is 80.9 Å². The van der Waals surface area contributed by atoms with Gasteiger partial charge in [0.15, 0.2) is 0 Å². The minimum absolute atomic E-state index is 0.221. The third-order valence-corrected chi connectivity index (χ3v) is 7.55. The molecule has 0 bridgehead atoms. The Hall–Kier alpha value is -3.16. The Morgan fingerprint density at radius 2 is 1.92 bits per heavy atom. The number of hydrogen-bond donors (Lipinski definition) is 1. The smallest absolute Gasteiger partial charge is 0.254 e. The zero-order chi connectivity index (χ0) is 26.5. The van der Waals surface area contributed by atoms with E-state index in [0.29, 0.717) is 64.1 Å². The number of likely N-dealkylation sites (tertiary alicyclic amines) is 1. The average molecular weight is 536 g/mol. The SMILES string of the molecule is CNC(=O)c1cc2c(Oc3ccc(CC(=O)CC4CC4)c(Cl)c3)ccnc2cc1OCCCN1CCCC1. The quantitative estimate of drug-likeness (QED) is 0.294. The van der Waals surface area contributed by atoms with Crippen molar-refractivity contribution in [3.8, 4) is 17.2 Å². The molecule has 2 fully saturated rings. The number of rotatable bonds is 12. The van der Waals surface area contributed by atoms with Crippen LogP contribution in [-0.4, -0.2) is 54.9 Å². The molecule has 1 saturated heterocycles. The molecule has 5 rings (SSSR count). The Bertz CT molecular complexity index is 1320. The summed E-state index contributed by atoms with van der Waals surface area (Å²) in [5, 5.41) is 3.89. The summed E-state index contributed by atoms with van der Waals surface area (Å²) in [5.74, 6) is 2.15. The number of carbonyl (C=O) groups is 2. The summed E-state index contributed by atoms with van der Waals surface area (Å²) < 4.78 is 12.2. The van der Waals surface area contributed by atoms with Gasteiger partial charge in [0.2, 0.25) is 0 Å². The number of fused-ring (bicyclic) bond motifs is 1. The highest BCUT2D eigenvalue weighted by Gasteiger charge is 2.24. The summed E-state index contributed by atoms with van der Waals surface area (Å²) in [5.41, 5.74) is 1.90. The van der Waals surface area contributed by atoms with Gasteiger partial charge in [-0.15, -0.1) is 0 Å². The molecular weight excluding hydrogens is 502 g/mol. The molecular formula is C30H34ClN3O4. The monoisotopic (exact) mass is 535 g/mol. The lowest BCUT2D eigenvalue weighted by Crippen LogP contribution is -2.22. The molecule has 1 N–H and O–H groups in total. The maximum atomic E-state index is 12.7. The molecule has 0 spiro atoms. The first-order valence-corrected chi connectivity index (χ1v) is 13.9. The number of carbonyl (C=O) groups excluding carboxylic acids is 2. The Kier molecular flexibility index (Phi) is 8.45. The number of ketones is 1. The van der Waals surface area contributed by atoms with Gasteiger partial charge in [0.05, 0.1) is 17.7 Å². The van der Waals surface area contributed by atoms with E-state index >= 15 is 0 Å². The van der Waals surface area contributed by atoms with E-state index in [0.717, 1.165) is 44.5 Å². The van der Waals surface area contributed by atoms with E-state index in [1.54, 1.807) is 37.5 Å². The lowest BCUT2D eigenvalue weighted by molar-refractivity contribution is -0.118. The highest BCUT2D eigenvalue weighted by Crippen LogP contribution is 2.36. The lowest BCUT2D eigenvalue weighted by Gasteiger charge is -2.16. The van der Waals surface area contributed by atoms with E-state index in [1.165, 1.54) is 12.8 Å². The van der Waals surface area contributed by atoms with Gasteiger partial charge in [-0.3, -0.25) is 14.6 Å². The molecule has 3 aromatic rings. The highest BCUT2D eigenvalue weighted by molar-refractivity contribution is 6.31. The maximum absolute atomic E-state index is 12.7. The number of ether oxygens (including phenoxy) is 2. The largest absolute Gasteiger partial charge is 0.493 e. The van der Waals surface area contributed by atoms with Crippen LogP contribution in [0.2, 0.25) is 5.02 Å². The van der Waals surface area contributed by atoms with Gasteiger partial charge in [-0.2, -0.15) is 0 Å². The topological polar surface area (TPSA) is 80.8 Å². The van der Waals surface area contributed by atoms with Crippen molar-refractivity contribution in [1.29, 1.82) is 0 Å². The van der Waals surface area contributed by atoms with Crippen molar-refractivity contribution in [2.45, 2.75) is 44.9 Å². The summed E-state index contributed by atoms with van der Waals surface area (Å²) in [4.78, 5) is 31.9. The Morgan fingerprint density at radius 3 is 2.66 bits per heavy atom. The number of aromatic nitrogens is 1. The molecule has 1 aliphatic heterocycles. The molecule has 200 valence electrons. The third-order valence-electron chi connectivity index (χ3n) is 7.20. The highest BCUT2D eigenvalue weighted by atomic mass is 35.5. The van der Waals surface area contributed by atoms with Gasteiger partial charge >= 0.3 is 0 Å². The normalized spacial score (nSPS) is 15.5. The van der Waals surface area contributed by atoms with Crippen LogP contribution in [0.15, 0.2) is 42.6 Å². The first-order valence-electron chi connectivity index (χ1n) is 13.5. The Labute approximate surface area is 228 Å². The van der Waals surface area contributed by atoms with Gasteiger partial charge in [0.1, 0.15) is 23.0 Å². The first kappa shape index (κ1) is 26.4. The number of pyridine rings is 1. The van der Waals surface area contributed by atoms with Crippen LogP contribution >= 0.6 is 11.6 Å². The van der Waals surface area contributed by atoms with Crippen molar-refractivity contribution < 1.29 is 19.1 Å². The van der Waals surface area contributed by atoms with Crippen LogP contribution in [0.1, 0.15) is 54.4 Å². The van der Waals surface area contributed by atoms with Crippen LogP contribution < -0.4 is 14.8 Å². The molecule has 1 aliphatic carbocycles. The van der Waals surface area contributed by atoms with Crippen molar-refractivity contribution in [2.75, 3.05) is 33.3 Å². The van der Waals surface area contributed by atoms with Crippen molar-refractivity contribution in [1.82, 2.24) is 15.2 Å². The number of nitrogens with one attached hydrogen (secondary N) is 1. The second-order valence-corrected chi connectivity index (χ2v) is 10.6. The molecule has 38 heavy (non-hydrogen) atoms. The van der Waals surface area contributed by atoms with E-state index in [4.69, 9.17) is 21.1 Å². The van der Waals surface area contributed by atoms with Crippen molar-refractivity contribution >= 4 is 34.2 Å². The molecule has 1 aromatic heterocycles. The lowest BCUT2D eigenvalue weighted by atomic mass is 10.0.